The van der Waals surface area contributed by atoms with Crippen LogP contribution in [0.25, 0.3) is 0 Å². The molecule has 0 aliphatic heterocycles. The minimum absolute atomic E-state index is 0.257. The van der Waals surface area contributed by atoms with Gasteiger partial charge in [-0.15, -0.1) is 0 Å². The van der Waals surface area contributed by atoms with Crippen molar-refractivity contribution in [2.24, 2.45) is 0 Å². The van der Waals surface area contributed by atoms with Crippen LogP contribution in [0.2, 0.25) is 0 Å². The first-order valence-electron chi connectivity index (χ1n) is 5.81. The SMILES string of the molecule is Cc1ccc(NC(=O)c2ccc(F)c(Br)c2)c(C)c1. The van der Waals surface area contributed by atoms with Gasteiger partial charge < -0.3 is 5.32 Å². The van der Waals surface area contributed by atoms with Gasteiger partial charge in [0.1, 0.15) is 5.82 Å². The number of anilines is 1. The van der Waals surface area contributed by atoms with Crippen molar-refractivity contribution in [3.8, 4) is 0 Å². The van der Waals surface area contributed by atoms with Gasteiger partial charge in [-0.25, -0.2) is 4.39 Å². The van der Waals surface area contributed by atoms with E-state index in [4.69, 9.17) is 0 Å². The van der Waals surface area contributed by atoms with Gasteiger partial charge >= 0.3 is 0 Å². The molecule has 2 aromatic rings. The highest BCUT2D eigenvalue weighted by Crippen LogP contribution is 2.20. The van der Waals surface area contributed by atoms with Crippen LogP contribution in [0.4, 0.5) is 10.1 Å². The highest BCUT2D eigenvalue weighted by Gasteiger charge is 2.10. The van der Waals surface area contributed by atoms with Gasteiger partial charge in [0, 0.05) is 11.3 Å². The van der Waals surface area contributed by atoms with E-state index < -0.39 is 0 Å². The monoisotopic (exact) mass is 321 g/mol. The summed E-state index contributed by atoms with van der Waals surface area (Å²) in [6.07, 6.45) is 0. The summed E-state index contributed by atoms with van der Waals surface area (Å²) in [5.41, 5.74) is 3.30. The van der Waals surface area contributed by atoms with Crippen LogP contribution in [-0.2, 0) is 0 Å². The van der Waals surface area contributed by atoms with Gasteiger partial charge in [-0.05, 0) is 59.6 Å². The van der Waals surface area contributed by atoms with E-state index in [0.717, 1.165) is 16.8 Å². The van der Waals surface area contributed by atoms with Crippen LogP contribution in [0.3, 0.4) is 0 Å². The van der Waals surface area contributed by atoms with Gasteiger partial charge in [-0.3, -0.25) is 4.79 Å². The molecular weight excluding hydrogens is 309 g/mol. The number of halogens is 2. The third kappa shape index (κ3) is 3.20. The van der Waals surface area contributed by atoms with Crippen molar-refractivity contribution >= 4 is 27.5 Å². The fourth-order valence-corrected chi connectivity index (χ4v) is 2.16. The molecule has 0 aromatic heterocycles. The number of benzene rings is 2. The van der Waals surface area contributed by atoms with Crippen LogP contribution in [-0.4, -0.2) is 5.91 Å². The molecule has 0 radical (unpaired) electrons. The fourth-order valence-electron chi connectivity index (χ4n) is 1.79. The van der Waals surface area contributed by atoms with Crippen LogP contribution in [0.1, 0.15) is 21.5 Å². The molecule has 2 rings (SSSR count). The molecular formula is C15H13BrFNO. The van der Waals surface area contributed by atoms with Crippen molar-refractivity contribution in [2.75, 3.05) is 5.32 Å². The molecule has 0 aliphatic rings. The lowest BCUT2D eigenvalue weighted by atomic mass is 10.1. The molecule has 0 fully saturated rings. The van der Waals surface area contributed by atoms with Crippen LogP contribution in [0.5, 0.6) is 0 Å². The zero-order chi connectivity index (χ0) is 14.0. The second-order valence-corrected chi connectivity index (χ2v) is 5.26. The highest BCUT2D eigenvalue weighted by atomic mass is 79.9. The van der Waals surface area contributed by atoms with Crippen molar-refractivity contribution in [3.05, 3.63) is 63.4 Å². The normalized spacial score (nSPS) is 10.3. The van der Waals surface area contributed by atoms with Gasteiger partial charge in [0.05, 0.1) is 4.47 Å². The van der Waals surface area contributed by atoms with Crippen molar-refractivity contribution < 1.29 is 9.18 Å². The van der Waals surface area contributed by atoms with Gasteiger partial charge in [0.2, 0.25) is 0 Å². The number of hydrogen-bond acceptors (Lipinski definition) is 1. The Morgan fingerprint density at radius 2 is 1.89 bits per heavy atom. The first-order chi connectivity index (χ1) is 8.97. The molecule has 0 saturated carbocycles. The third-order valence-electron chi connectivity index (χ3n) is 2.81. The van der Waals surface area contributed by atoms with E-state index in [1.807, 2.05) is 32.0 Å². The molecule has 0 saturated heterocycles. The number of rotatable bonds is 2. The lowest BCUT2D eigenvalue weighted by molar-refractivity contribution is 0.102. The molecule has 4 heteroatoms. The average molecular weight is 322 g/mol. The fraction of sp³-hybridized carbons (Fsp3) is 0.133. The Bertz CT molecular complexity index is 640. The summed E-state index contributed by atoms with van der Waals surface area (Å²) in [6.45, 7) is 3.93. The summed E-state index contributed by atoms with van der Waals surface area (Å²) in [6, 6.07) is 9.98. The second-order valence-electron chi connectivity index (χ2n) is 4.40. The molecule has 98 valence electrons. The smallest absolute Gasteiger partial charge is 0.255 e. The van der Waals surface area contributed by atoms with Crippen LogP contribution < -0.4 is 5.32 Å². The predicted octanol–water partition coefficient (Wildman–Crippen LogP) is 4.46. The van der Waals surface area contributed by atoms with Crippen molar-refractivity contribution in [2.45, 2.75) is 13.8 Å². The van der Waals surface area contributed by atoms with E-state index in [1.165, 1.54) is 18.2 Å². The first-order valence-corrected chi connectivity index (χ1v) is 6.60. The molecule has 2 aromatic carbocycles. The first kappa shape index (κ1) is 13.7. The molecule has 19 heavy (non-hydrogen) atoms. The van der Waals surface area contributed by atoms with Crippen molar-refractivity contribution in [1.29, 1.82) is 0 Å². The summed E-state index contributed by atoms with van der Waals surface area (Å²) in [5.74, 6) is -0.643. The van der Waals surface area contributed by atoms with E-state index >= 15 is 0 Å². The Morgan fingerprint density at radius 3 is 2.53 bits per heavy atom. The molecule has 0 spiro atoms. The van der Waals surface area contributed by atoms with Gasteiger partial charge in [0.15, 0.2) is 0 Å². The Kier molecular flexibility index (Phi) is 4.00. The lowest BCUT2D eigenvalue weighted by Crippen LogP contribution is -2.13. The average Bonchev–Trinajstić information content (AvgIpc) is 2.36. The minimum atomic E-state index is -0.386. The molecule has 1 amide bonds. The quantitative estimate of drug-likeness (QED) is 0.869. The summed E-state index contributed by atoms with van der Waals surface area (Å²) in [5, 5.41) is 2.82. The summed E-state index contributed by atoms with van der Waals surface area (Å²) in [4.78, 5) is 12.1. The van der Waals surface area contributed by atoms with E-state index in [2.05, 4.69) is 21.2 Å². The molecule has 0 aliphatic carbocycles. The Balaban J connectivity index is 2.23. The molecule has 0 bridgehead atoms. The Hall–Kier alpha value is -1.68. The summed E-state index contributed by atoms with van der Waals surface area (Å²) in [7, 11) is 0. The van der Waals surface area contributed by atoms with Crippen LogP contribution >= 0.6 is 15.9 Å². The Morgan fingerprint density at radius 1 is 1.16 bits per heavy atom. The number of nitrogens with one attached hydrogen (secondary N) is 1. The number of hydrogen-bond donors (Lipinski definition) is 1. The molecule has 2 nitrogen and oxygen atoms in total. The minimum Gasteiger partial charge on any atom is -0.322 e. The predicted molar refractivity (Wildman–Crippen MR) is 78.0 cm³/mol. The molecule has 0 atom stereocenters. The van der Waals surface area contributed by atoms with Gasteiger partial charge in [0.25, 0.3) is 5.91 Å². The maximum atomic E-state index is 13.1. The number of carbonyl (C=O) groups is 1. The summed E-state index contributed by atoms with van der Waals surface area (Å²) >= 11 is 3.07. The maximum Gasteiger partial charge on any atom is 0.255 e. The number of amides is 1. The molecule has 1 N–H and O–H groups in total. The maximum absolute atomic E-state index is 13.1. The van der Waals surface area contributed by atoms with E-state index in [1.54, 1.807) is 0 Å². The molecule has 0 heterocycles. The number of carbonyl (C=O) groups excluding carboxylic acids is 1. The third-order valence-corrected chi connectivity index (χ3v) is 3.42. The van der Waals surface area contributed by atoms with Gasteiger partial charge in [-0.2, -0.15) is 0 Å². The standard InChI is InChI=1S/C15H13BrFNO/c1-9-3-6-14(10(2)7-9)18-15(19)11-4-5-13(17)12(16)8-11/h3-8H,1-2H3,(H,18,19). The van der Waals surface area contributed by atoms with Crippen molar-refractivity contribution in [1.82, 2.24) is 0 Å². The van der Waals surface area contributed by atoms with E-state index in [0.29, 0.717) is 5.56 Å². The topological polar surface area (TPSA) is 29.1 Å². The second kappa shape index (κ2) is 5.53. The number of aryl methyl sites for hydroxylation is 2. The van der Waals surface area contributed by atoms with Crippen molar-refractivity contribution in [3.63, 3.8) is 0 Å². The van der Waals surface area contributed by atoms with Crippen LogP contribution in [0.15, 0.2) is 40.9 Å². The summed E-state index contributed by atoms with van der Waals surface area (Å²) < 4.78 is 13.4. The van der Waals surface area contributed by atoms with E-state index in [9.17, 15) is 9.18 Å². The van der Waals surface area contributed by atoms with Crippen LogP contribution in [0, 0.1) is 19.7 Å². The lowest BCUT2D eigenvalue weighted by Gasteiger charge is -2.09. The highest BCUT2D eigenvalue weighted by molar-refractivity contribution is 9.10. The van der Waals surface area contributed by atoms with Gasteiger partial charge in [-0.1, -0.05) is 17.7 Å². The largest absolute Gasteiger partial charge is 0.322 e. The zero-order valence-corrected chi connectivity index (χ0v) is 12.2. The molecule has 0 unspecified atom stereocenters. The Labute approximate surface area is 119 Å². The zero-order valence-electron chi connectivity index (χ0n) is 10.6. The van der Waals surface area contributed by atoms with E-state index in [-0.39, 0.29) is 16.2 Å².